The third-order valence-corrected chi connectivity index (χ3v) is 8.37. The Morgan fingerprint density at radius 2 is 1.37 bits per heavy atom. The number of aromatic nitrogens is 4. The molecular weight excluding hydrogens is 520 g/mol. The molecule has 4 nitrogen and oxygen atoms in total. The number of hydrogen-bond acceptors (Lipinski definition) is 4. The summed E-state index contributed by atoms with van der Waals surface area (Å²) < 4.78 is 4.67. The van der Waals surface area contributed by atoms with Gasteiger partial charge in [0.2, 0.25) is 5.95 Å². The van der Waals surface area contributed by atoms with E-state index in [1.54, 1.807) is 6.08 Å². The fraction of sp³-hybridized carbons (Fsp3) is 0.0278. The van der Waals surface area contributed by atoms with Crippen molar-refractivity contribution in [2.24, 2.45) is 0 Å². The first-order chi connectivity index (χ1) is 20.3. The number of pyridine rings is 1. The molecule has 4 heterocycles. The van der Waals surface area contributed by atoms with E-state index in [0.29, 0.717) is 5.95 Å². The van der Waals surface area contributed by atoms with Crippen LogP contribution < -0.4 is 0 Å². The zero-order chi connectivity index (χ0) is 27.8. The monoisotopic (exact) mass is 546 g/mol. The lowest BCUT2D eigenvalue weighted by Gasteiger charge is -2.07. The fourth-order valence-electron chi connectivity index (χ4n) is 5.40. The third-order valence-electron chi connectivity index (χ3n) is 7.17. The number of thiophene rings is 1. The van der Waals surface area contributed by atoms with Crippen LogP contribution in [-0.2, 0) is 0 Å². The smallest absolute Gasteiger partial charge is 0.234 e. The van der Waals surface area contributed by atoms with Crippen LogP contribution in [0.4, 0.5) is 0 Å². The van der Waals surface area contributed by atoms with Crippen LogP contribution in [0.5, 0.6) is 0 Å². The summed E-state index contributed by atoms with van der Waals surface area (Å²) in [4.78, 5) is 14.4. The SMILES string of the molecule is C=CC.c1ccc(-c2cnc(-n3c4cc5sc6c(-c7ccccc7)cccc6c5cc4c4ncccc43)nc2)cc1. The van der Waals surface area contributed by atoms with E-state index in [4.69, 9.17) is 15.0 Å². The minimum atomic E-state index is 0.642. The number of nitrogens with zero attached hydrogens (tertiary/aromatic N) is 4. The molecule has 0 N–H and O–H groups in total. The van der Waals surface area contributed by atoms with Gasteiger partial charge in [-0.1, -0.05) is 84.9 Å². The van der Waals surface area contributed by atoms with Gasteiger partial charge in [0.1, 0.15) is 0 Å². The Labute approximate surface area is 241 Å². The quantitative estimate of drug-likeness (QED) is 0.207. The summed E-state index contributed by atoms with van der Waals surface area (Å²) in [5.41, 5.74) is 7.61. The van der Waals surface area contributed by atoms with Crippen LogP contribution in [0.15, 0.2) is 134 Å². The molecule has 41 heavy (non-hydrogen) atoms. The molecule has 5 heteroatoms. The minimum absolute atomic E-state index is 0.642. The van der Waals surface area contributed by atoms with Gasteiger partial charge in [-0.3, -0.25) is 9.55 Å². The number of allylic oxidation sites excluding steroid dienone is 1. The van der Waals surface area contributed by atoms with Gasteiger partial charge in [-0.25, -0.2) is 9.97 Å². The second-order valence-electron chi connectivity index (χ2n) is 9.77. The number of benzene rings is 4. The van der Waals surface area contributed by atoms with E-state index in [0.717, 1.165) is 33.1 Å². The van der Waals surface area contributed by atoms with E-state index in [1.807, 2.05) is 61.1 Å². The van der Waals surface area contributed by atoms with Crippen molar-refractivity contribution in [3.63, 3.8) is 0 Å². The van der Waals surface area contributed by atoms with Gasteiger partial charge in [0, 0.05) is 49.7 Å². The molecule has 0 atom stereocenters. The summed E-state index contributed by atoms with van der Waals surface area (Å²) in [6, 6.07) is 36.1. The predicted molar refractivity (Wildman–Crippen MR) is 174 cm³/mol. The molecular formula is C36H26N4S. The number of rotatable bonds is 3. The van der Waals surface area contributed by atoms with Crippen LogP contribution in [0, 0.1) is 0 Å². The molecule has 4 aromatic heterocycles. The normalized spacial score (nSPS) is 11.1. The van der Waals surface area contributed by atoms with Crippen LogP contribution >= 0.6 is 11.3 Å². The Bertz CT molecular complexity index is 2160. The van der Waals surface area contributed by atoms with Crippen molar-refractivity contribution in [1.29, 1.82) is 0 Å². The summed E-state index contributed by atoms with van der Waals surface area (Å²) in [5, 5.41) is 3.63. The van der Waals surface area contributed by atoms with Gasteiger partial charge >= 0.3 is 0 Å². The van der Waals surface area contributed by atoms with Crippen molar-refractivity contribution in [2.45, 2.75) is 6.92 Å². The van der Waals surface area contributed by atoms with Gasteiger partial charge in [-0.15, -0.1) is 17.9 Å². The van der Waals surface area contributed by atoms with E-state index in [9.17, 15) is 0 Å². The van der Waals surface area contributed by atoms with Crippen LogP contribution in [0.1, 0.15) is 6.92 Å². The molecule has 0 aliphatic heterocycles. The molecule has 0 spiro atoms. The Morgan fingerprint density at radius 1 is 0.659 bits per heavy atom. The highest BCUT2D eigenvalue weighted by molar-refractivity contribution is 7.26. The van der Waals surface area contributed by atoms with Gasteiger partial charge in [0.15, 0.2) is 0 Å². The van der Waals surface area contributed by atoms with Gasteiger partial charge in [-0.05, 0) is 47.9 Å². The summed E-state index contributed by atoms with van der Waals surface area (Å²) in [6.07, 6.45) is 7.40. The molecule has 0 amide bonds. The van der Waals surface area contributed by atoms with E-state index in [1.165, 1.54) is 31.3 Å². The van der Waals surface area contributed by atoms with Crippen molar-refractivity contribution in [3.05, 3.63) is 134 Å². The van der Waals surface area contributed by atoms with Gasteiger partial charge < -0.3 is 0 Å². The highest BCUT2D eigenvalue weighted by atomic mass is 32.1. The predicted octanol–water partition coefficient (Wildman–Crippen LogP) is 9.86. The highest BCUT2D eigenvalue weighted by Gasteiger charge is 2.18. The lowest BCUT2D eigenvalue weighted by molar-refractivity contribution is 0.989. The van der Waals surface area contributed by atoms with Crippen LogP contribution in [-0.4, -0.2) is 19.5 Å². The Balaban J connectivity index is 0.000000884. The fourth-order valence-corrected chi connectivity index (χ4v) is 6.65. The number of hydrogen-bond donors (Lipinski definition) is 0. The Hall–Kier alpha value is -5.13. The van der Waals surface area contributed by atoms with Crippen LogP contribution in [0.3, 0.4) is 0 Å². The highest BCUT2D eigenvalue weighted by Crippen LogP contribution is 2.43. The lowest BCUT2D eigenvalue weighted by atomic mass is 10.0. The van der Waals surface area contributed by atoms with E-state index >= 15 is 0 Å². The minimum Gasteiger partial charge on any atom is -0.276 e. The lowest BCUT2D eigenvalue weighted by Crippen LogP contribution is -2.00. The molecule has 8 aromatic rings. The molecule has 0 fully saturated rings. The largest absolute Gasteiger partial charge is 0.276 e. The molecule has 4 aromatic carbocycles. The first-order valence-electron chi connectivity index (χ1n) is 13.5. The summed E-state index contributed by atoms with van der Waals surface area (Å²) in [5.74, 6) is 0.642. The van der Waals surface area contributed by atoms with Crippen LogP contribution in [0.2, 0.25) is 0 Å². The Morgan fingerprint density at radius 3 is 2.10 bits per heavy atom. The topological polar surface area (TPSA) is 43.6 Å². The van der Waals surface area contributed by atoms with Crippen molar-refractivity contribution in [1.82, 2.24) is 19.5 Å². The molecule has 0 aliphatic rings. The second kappa shape index (κ2) is 10.5. The average molecular weight is 547 g/mol. The molecule has 0 bridgehead atoms. The first-order valence-corrected chi connectivity index (χ1v) is 14.3. The van der Waals surface area contributed by atoms with Gasteiger partial charge in [0.25, 0.3) is 0 Å². The van der Waals surface area contributed by atoms with Crippen molar-refractivity contribution in [3.8, 4) is 28.2 Å². The molecule has 0 saturated carbocycles. The molecule has 196 valence electrons. The van der Waals surface area contributed by atoms with E-state index in [2.05, 4.69) is 90.0 Å². The zero-order valence-electron chi connectivity index (χ0n) is 22.5. The maximum Gasteiger partial charge on any atom is 0.234 e. The maximum atomic E-state index is 4.80. The molecule has 0 saturated heterocycles. The van der Waals surface area contributed by atoms with E-state index < -0.39 is 0 Å². The summed E-state index contributed by atoms with van der Waals surface area (Å²) in [6.45, 7) is 5.25. The van der Waals surface area contributed by atoms with Crippen LogP contribution in [0.25, 0.3) is 70.3 Å². The molecule has 8 rings (SSSR count). The standard InChI is InChI=1S/C33H20N4S.C3H6/c1-3-9-21(10-4-1)23-19-35-33(36-20-23)37-28-15-8-16-34-31(28)27-17-26-25-14-7-13-24(22-11-5-2-6-12-22)32(25)38-30(26)18-29(27)37;1-3-2/h1-20H;3H,1H2,2H3. The zero-order valence-corrected chi connectivity index (χ0v) is 23.3. The summed E-state index contributed by atoms with van der Waals surface area (Å²) in [7, 11) is 0. The number of fused-ring (bicyclic) bond motifs is 6. The van der Waals surface area contributed by atoms with Crippen molar-refractivity contribution >= 4 is 53.4 Å². The third kappa shape index (κ3) is 4.28. The van der Waals surface area contributed by atoms with Crippen molar-refractivity contribution in [2.75, 3.05) is 0 Å². The van der Waals surface area contributed by atoms with Gasteiger partial charge in [0.05, 0.1) is 16.6 Å². The van der Waals surface area contributed by atoms with Gasteiger partial charge in [-0.2, -0.15) is 0 Å². The second-order valence-corrected chi connectivity index (χ2v) is 10.8. The first kappa shape index (κ1) is 24.9. The molecule has 0 aliphatic carbocycles. The van der Waals surface area contributed by atoms with Crippen molar-refractivity contribution < 1.29 is 0 Å². The maximum absolute atomic E-state index is 4.80. The summed E-state index contributed by atoms with van der Waals surface area (Å²) >= 11 is 1.84. The molecule has 0 unspecified atom stereocenters. The van der Waals surface area contributed by atoms with E-state index in [-0.39, 0.29) is 0 Å². The molecule has 0 radical (unpaired) electrons. The Kier molecular flexibility index (Phi) is 6.34. The average Bonchev–Trinajstić information content (AvgIpc) is 3.56.